The Hall–Kier alpha value is -2.65. The lowest BCUT2D eigenvalue weighted by molar-refractivity contribution is -0.139. The van der Waals surface area contributed by atoms with Crippen molar-refractivity contribution in [3.05, 3.63) is 47.4 Å². The highest BCUT2D eigenvalue weighted by Gasteiger charge is 2.19. The van der Waals surface area contributed by atoms with E-state index in [4.69, 9.17) is 5.11 Å². The molecule has 9 heteroatoms. The highest BCUT2D eigenvalue weighted by atomic mass is 32.2. The van der Waals surface area contributed by atoms with Crippen LogP contribution in [0.5, 0.6) is 0 Å². The van der Waals surface area contributed by atoms with Crippen LogP contribution < -0.4 is 4.31 Å². The fourth-order valence-electron chi connectivity index (χ4n) is 2.96. The molecule has 0 radical (unpaired) electrons. The van der Waals surface area contributed by atoms with Crippen molar-refractivity contribution >= 4 is 29.0 Å². The Morgan fingerprint density at radius 3 is 2.45 bits per heavy atom. The molecule has 1 heterocycles. The summed E-state index contributed by atoms with van der Waals surface area (Å²) in [5.74, 6) is -1.08. The first-order valence-corrected chi connectivity index (χ1v) is 11.4. The monoisotopic (exact) mass is 449 g/mol. The number of benzene rings is 1. The Kier molecular flexibility index (Phi) is 8.82. The van der Waals surface area contributed by atoms with Crippen LogP contribution in [0.1, 0.15) is 50.3 Å². The van der Waals surface area contributed by atoms with Gasteiger partial charge in [0.1, 0.15) is 16.8 Å². The van der Waals surface area contributed by atoms with Crippen LogP contribution in [0.15, 0.2) is 30.3 Å². The van der Waals surface area contributed by atoms with Gasteiger partial charge in [0.2, 0.25) is 5.95 Å². The van der Waals surface area contributed by atoms with Gasteiger partial charge in [0.25, 0.3) is 0 Å². The number of hydrogen-bond acceptors (Lipinski definition) is 5. The van der Waals surface area contributed by atoms with E-state index < -0.39 is 23.1 Å². The van der Waals surface area contributed by atoms with Gasteiger partial charge in [-0.25, -0.2) is 18.6 Å². The van der Waals surface area contributed by atoms with Gasteiger partial charge < -0.3 is 10.2 Å². The first-order valence-electron chi connectivity index (χ1n) is 9.91. The largest absolute Gasteiger partial charge is 0.481 e. The zero-order valence-corrected chi connectivity index (χ0v) is 18.9. The summed E-state index contributed by atoms with van der Waals surface area (Å²) in [6, 6.07) is 5.96. The summed E-state index contributed by atoms with van der Waals surface area (Å²) < 4.78 is 26.9. The Balaban J connectivity index is 2.50. The second kappa shape index (κ2) is 11.1. The Morgan fingerprint density at radius 1 is 1.26 bits per heavy atom. The summed E-state index contributed by atoms with van der Waals surface area (Å²) in [7, 11) is 0.322. The number of allylic oxidation sites excluding steroid dienone is 1. The summed E-state index contributed by atoms with van der Waals surface area (Å²) in [5.41, 5.74) is 2.75. The minimum Gasteiger partial charge on any atom is -0.481 e. The Bertz CT molecular complexity index is 964. The number of anilines is 1. The molecule has 2 N–H and O–H groups in total. The van der Waals surface area contributed by atoms with Crippen molar-refractivity contribution in [2.45, 2.75) is 45.1 Å². The molecule has 0 aliphatic rings. The van der Waals surface area contributed by atoms with Crippen molar-refractivity contribution in [1.29, 1.82) is 0 Å². The molecule has 0 saturated carbocycles. The zero-order chi connectivity index (χ0) is 23.1. The van der Waals surface area contributed by atoms with E-state index in [9.17, 15) is 18.5 Å². The lowest BCUT2D eigenvalue weighted by Crippen LogP contribution is -2.22. The van der Waals surface area contributed by atoms with Crippen molar-refractivity contribution in [2.24, 2.45) is 0 Å². The van der Waals surface area contributed by atoms with Gasteiger partial charge >= 0.3 is 5.97 Å². The van der Waals surface area contributed by atoms with Gasteiger partial charge in [0.15, 0.2) is 0 Å². The van der Waals surface area contributed by atoms with Gasteiger partial charge in [0, 0.05) is 24.4 Å². The minimum atomic E-state index is -1.32. The fraction of sp³-hybridized carbons (Fsp3) is 0.409. The molecule has 0 amide bonds. The van der Waals surface area contributed by atoms with E-state index in [1.807, 2.05) is 26.0 Å². The Morgan fingerprint density at radius 2 is 1.90 bits per heavy atom. The van der Waals surface area contributed by atoms with Crippen LogP contribution in [0.2, 0.25) is 0 Å². The zero-order valence-electron chi connectivity index (χ0n) is 18.1. The van der Waals surface area contributed by atoms with Gasteiger partial charge in [-0.15, -0.1) is 0 Å². The third-order valence-electron chi connectivity index (χ3n) is 4.66. The molecule has 7 nitrogen and oxygen atoms in total. The van der Waals surface area contributed by atoms with E-state index in [-0.39, 0.29) is 18.2 Å². The molecule has 168 valence electrons. The number of aliphatic carboxylic acids is 1. The maximum atomic E-state index is 13.5. The molecule has 0 aliphatic carbocycles. The molecule has 2 unspecified atom stereocenters. The van der Waals surface area contributed by atoms with Gasteiger partial charge in [-0.2, -0.15) is 0 Å². The quantitative estimate of drug-likeness (QED) is 0.572. The summed E-state index contributed by atoms with van der Waals surface area (Å²) in [4.78, 5) is 19.9. The van der Waals surface area contributed by atoms with Crippen LogP contribution in [0.4, 0.5) is 10.3 Å². The number of rotatable bonds is 10. The first-order chi connectivity index (χ1) is 14.6. The molecule has 1 aromatic heterocycles. The molecule has 0 spiro atoms. The number of carbonyl (C=O) groups is 1. The van der Waals surface area contributed by atoms with E-state index in [1.54, 1.807) is 19.2 Å². The first kappa shape index (κ1) is 24.6. The Labute approximate surface area is 184 Å². The molecule has 2 rings (SSSR count). The second-order valence-electron chi connectivity index (χ2n) is 7.49. The van der Waals surface area contributed by atoms with Crippen LogP contribution in [0.3, 0.4) is 0 Å². The number of halogens is 1. The number of carboxylic acid groups (broad SMARTS) is 1. The van der Waals surface area contributed by atoms with E-state index in [1.165, 1.54) is 22.7 Å². The van der Waals surface area contributed by atoms with Crippen LogP contribution in [-0.4, -0.2) is 49.8 Å². The maximum Gasteiger partial charge on any atom is 0.305 e. The van der Waals surface area contributed by atoms with Crippen molar-refractivity contribution < 1.29 is 23.6 Å². The van der Waals surface area contributed by atoms with E-state index in [2.05, 4.69) is 9.97 Å². The normalized spacial score (nSPS) is 13.5. The van der Waals surface area contributed by atoms with Crippen molar-refractivity contribution in [3.8, 4) is 11.3 Å². The van der Waals surface area contributed by atoms with Crippen molar-refractivity contribution in [3.63, 3.8) is 0 Å². The molecule has 0 bridgehead atoms. The van der Waals surface area contributed by atoms with E-state index >= 15 is 0 Å². The summed E-state index contributed by atoms with van der Waals surface area (Å²) in [6.45, 7) is 3.97. The molecule has 31 heavy (non-hydrogen) atoms. The van der Waals surface area contributed by atoms with Crippen LogP contribution in [0.25, 0.3) is 17.3 Å². The number of aromatic nitrogens is 2. The molecule has 0 aliphatic heterocycles. The highest BCUT2D eigenvalue weighted by Crippen LogP contribution is 2.31. The second-order valence-corrected chi connectivity index (χ2v) is 8.88. The number of nitrogens with zero attached hydrogens (tertiary/aromatic N) is 3. The summed E-state index contributed by atoms with van der Waals surface area (Å²) >= 11 is 0. The lowest BCUT2D eigenvalue weighted by atomic mass is 9.97. The average molecular weight is 450 g/mol. The van der Waals surface area contributed by atoms with E-state index in [0.717, 1.165) is 11.3 Å². The molecular formula is C22H28FN3O4S. The van der Waals surface area contributed by atoms with Gasteiger partial charge in [0.05, 0.1) is 23.9 Å². The molecule has 0 saturated heterocycles. The van der Waals surface area contributed by atoms with Crippen LogP contribution in [-0.2, 0) is 15.8 Å². The average Bonchev–Trinajstić information content (AvgIpc) is 2.70. The lowest BCUT2D eigenvalue weighted by Gasteiger charge is -2.20. The predicted octanol–water partition coefficient (Wildman–Crippen LogP) is 3.76. The SMILES string of the molecule is CC(C)c1nc(N(C)S(C)=O)nc(-c2ccc(F)cc2)c1/C=C/CCC(O)CC(=O)O. The third-order valence-corrected chi connectivity index (χ3v) is 5.59. The molecule has 1 aromatic carbocycles. The number of aliphatic hydroxyl groups excluding tert-OH is 1. The van der Waals surface area contributed by atoms with Gasteiger partial charge in [-0.1, -0.05) is 26.0 Å². The maximum absolute atomic E-state index is 13.5. The molecular weight excluding hydrogens is 421 g/mol. The van der Waals surface area contributed by atoms with Crippen LogP contribution in [0, 0.1) is 5.82 Å². The smallest absolute Gasteiger partial charge is 0.305 e. The van der Waals surface area contributed by atoms with E-state index in [0.29, 0.717) is 30.0 Å². The molecule has 2 aromatic rings. The fourth-order valence-corrected chi connectivity index (χ4v) is 3.27. The minimum absolute atomic E-state index is 0.0249. The van der Waals surface area contributed by atoms with Crippen LogP contribution >= 0.6 is 0 Å². The van der Waals surface area contributed by atoms with Gasteiger partial charge in [-0.05, 0) is 43.0 Å². The number of hydrogen-bond donors (Lipinski definition) is 2. The standard InChI is InChI=1S/C22H28FN3O4S/c1-14(2)20-18(8-6-5-7-17(27)13-19(28)29)21(15-9-11-16(23)12-10-15)25-22(24-20)26(3)31(4)30/h6,8-12,14,17,27H,5,7,13H2,1-4H3,(H,28,29)/b8-6+. The summed E-state index contributed by atoms with van der Waals surface area (Å²) in [5, 5.41) is 18.5. The third kappa shape index (κ3) is 6.93. The highest BCUT2D eigenvalue weighted by molar-refractivity contribution is 7.85. The molecule has 0 fully saturated rings. The van der Waals surface area contributed by atoms with Crippen molar-refractivity contribution in [2.75, 3.05) is 17.6 Å². The number of aliphatic hydroxyl groups is 1. The summed E-state index contributed by atoms with van der Waals surface area (Å²) in [6.07, 6.45) is 4.77. The van der Waals surface area contributed by atoms with Gasteiger partial charge in [-0.3, -0.25) is 9.10 Å². The molecule has 2 atom stereocenters. The topological polar surface area (TPSA) is 104 Å². The number of carboxylic acids is 1. The van der Waals surface area contributed by atoms with Crippen molar-refractivity contribution in [1.82, 2.24) is 9.97 Å². The predicted molar refractivity (Wildman–Crippen MR) is 121 cm³/mol.